The SMILES string of the molecule is CCN1CCOC(CNCc2ccc(O)cn2)C1. The van der Waals surface area contributed by atoms with Crippen molar-refractivity contribution in [3.05, 3.63) is 24.0 Å². The summed E-state index contributed by atoms with van der Waals surface area (Å²) in [6.45, 7) is 7.64. The minimum absolute atomic E-state index is 0.202. The van der Waals surface area contributed by atoms with Gasteiger partial charge in [0.15, 0.2) is 0 Å². The number of nitrogens with one attached hydrogen (secondary N) is 1. The Labute approximate surface area is 108 Å². The summed E-state index contributed by atoms with van der Waals surface area (Å²) in [5.74, 6) is 0.202. The largest absolute Gasteiger partial charge is 0.506 e. The second-order valence-electron chi connectivity index (χ2n) is 4.52. The molecule has 2 rings (SSSR count). The first-order valence-electron chi connectivity index (χ1n) is 6.46. The highest BCUT2D eigenvalue weighted by Crippen LogP contribution is 2.06. The zero-order valence-corrected chi connectivity index (χ0v) is 10.8. The Bertz CT molecular complexity index is 356. The van der Waals surface area contributed by atoms with Crippen molar-refractivity contribution in [1.29, 1.82) is 0 Å². The normalized spacial score (nSPS) is 21.1. The second-order valence-corrected chi connectivity index (χ2v) is 4.52. The maximum absolute atomic E-state index is 9.13. The summed E-state index contributed by atoms with van der Waals surface area (Å²) in [6, 6.07) is 3.47. The van der Waals surface area contributed by atoms with E-state index in [4.69, 9.17) is 9.84 Å². The molecule has 0 bridgehead atoms. The quantitative estimate of drug-likeness (QED) is 0.802. The van der Waals surface area contributed by atoms with Crippen molar-refractivity contribution in [1.82, 2.24) is 15.2 Å². The third kappa shape index (κ3) is 3.94. The maximum atomic E-state index is 9.13. The zero-order valence-electron chi connectivity index (χ0n) is 10.8. The van der Waals surface area contributed by atoms with Crippen LogP contribution in [0.3, 0.4) is 0 Å². The van der Waals surface area contributed by atoms with Gasteiger partial charge in [0, 0.05) is 26.2 Å². The molecule has 0 aliphatic carbocycles. The Morgan fingerprint density at radius 1 is 1.56 bits per heavy atom. The van der Waals surface area contributed by atoms with Gasteiger partial charge in [0.1, 0.15) is 5.75 Å². The minimum atomic E-state index is 0.202. The van der Waals surface area contributed by atoms with E-state index in [1.165, 1.54) is 6.20 Å². The maximum Gasteiger partial charge on any atom is 0.133 e. The van der Waals surface area contributed by atoms with E-state index in [1.807, 2.05) is 6.07 Å². The fourth-order valence-electron chi connectivity index (χ4n) is 2.07. The number of pyridine rings is 1. The molecule has 0 saturated carbocycles. The van der Waals surface area contributed by atoms with Gasteiger partial charge in [-0.25, -0.2) is 0 Å². The van der Waals surface area contributed by atoms with E-state index in [2.05, 4.69) is 22.1 Å². The van der Waals surface area contributed by atoms with Gasteiger partial charge in [0.05, 0.1) is 24.6 Å². The molecule has 0 amide bonds. The van der Waals surface area contributed by atoms with Crippen LogP contribution in [0.2, 0.25) is 0 Å². The number of rotatable bonds is 5. The predicted octanol–water partition coefficient (Wildman–Crippen LogP) is 0.597. The number of likely N-dealkylation sites (N-methyl/N-ethyl adjacent to an activating group) is 1. The molecule has 1 atom stereocenters. The summed E-state index contributed by atoms with van der Waals surface area (Å²) in [5, 5.41) is 12.5. The van der Waals surface area contributed by atoms with Crippen LogP contribution in [-0.2, 0) is 11.3 Å². The summed E-state index contributed by atoms with van der Waals surface area (Å²) in [4.78, 5) is 6.53. The van der Waals surface area contributed by atoms with E-state index in [1.54, 1.807) is 6.07 Å². The van der Waals surface area contributed by atoms with Gasteiger partial charge in [-0.05, 0) is 18.7 Å². The van der Waals surface area contributed by atoms with Crippen LogP contribution in [-0.4, -0.2) is 53.9 Å². The van der Waals surface area contributed by atoms with E-state index >= 15 is 0 Å². The predicted molar refractivity (Wildman–Crippen MR) is 69.5 cm³/mol. The molecule has 2 heterocycles. The van der Waals surface area contributed by atoms with Crippen LogP contribution in [0.1, 0.15) is 12.6 Å². The van der Waals surface area contributed by atoms with Crippen molar-refractivity contribution < 1.29 is 9.84 Å². The lowest BCUT2D eigenvalue weighted by Crippen LogP contribution is -2.46. The van der Waals surface area contributed by atoms with Gasteiger partial charge in [-0.2, -0.15) is 0 Å². The molecule has 5 heteroatoms. The molecule has 1 aliphatic rings. The molecule has 1 aliphatic heterocycles. The summed E-state index contributed by atoms with van der Waals surface area (Å²) >= 11 is 0. The Morgan fingerprint density at radius 3 is 3.17 bits per heavy atom. The number of aromatic hydroxyl groups is 1. The first-order chi connectivity index (χ1) is 8.78. The molecular weight excluding hydrogens is 230 g/mol. The summed E-state index contributed by atoms with van der Waals surface area (Å²) in [5.41, 5.74) is 0.927. The van der Waals surface area contributed by atoms with Gasteiger partial charge in [-0.15, -0.1) is 0 Å². The van der Waals surface area contributed by atoms with E-state index in [0.29, 0.717) is 6.54 Å². The van der Waals surface area contributed by atoms with Gasteiger partial charge >= 0.3 is 0 Å². The second kappa shape index (κ2) is 6.68. The van der Waals surface area contributed by atoms with E-state index < -0.39 is 0 Å². The van der Waals surface area contributed by atoms with Crippen LogP contribution < -0.4 is 5.32 Å². The van der Waals surface area contributed by atoms with Crippen LogP contribution in [0.4, 0.5) is 0 Å². The Morgan fingerprint density at radius 2 is 2.44 bits per heavy atom. The van der Waals surface area contributed by atoms with Gasteiger partial charge in [-0.3, -0.25) is 9.88 Å². The molecule has 1 unspecified atom stereocenters. The van der Waals surface area contributed by atoms with Crippen LogP contribution in [0, 0.1) is 0 Å². The van der Waals surface area contributed by atoms with Crippen molar-refractivity contribution in [3.63, 3.8) is 0 Å². The number of hydrogen-bond acceptors (Lipinski definition) is 5. The summed E-state index contributed by atoms with van der Waals surface area (Å²) in [7, 11) is 0. The lowest BCUT2D eigenvalue weighted by Gasteiger charge is -2.32. The number of aromatic nitrogens is 1. The van der Waals surface area contributed by atoms with Gasteiger partial charge in [0.25, 0.3) is 0 Å². The fourth-order valence-corrected chi connectivity index (χ4v) is 2.07. The van der Waals surface area contributed by atoms with Gasteiger partial charge in [-0.1, -0.05) is 6.92 Å². The molecular formula is C13H21N3O2. The molecule has 0 aromatic carbocycles. The highest BCUT2D eigenvalue weighted by atomic mass is 16.5. The minimum Gasteiger partial charge on any atom is -0.506 e. The molecule has 0 spiro atoms. The fraction of sp³-hybridized carbons (Fsp3) is 0.615. The zero-order chi connectivity index (χ0) is 12.8. The molecule has 2 N–H and O–H groups in total. The van der Waals surface area contributed by atoms with Crippen molar-refractivity contribution in [2.45, 2.75) is 19.6 Å². The molecule has 1 saturated heterocycles. The van der Waals surface area contributed by atoms with E-state index in [-0.39, 0.29) is 11.9 Å². The van der Waals surface area contributed by atoms with Crippen LogP contribution in [0.25, 0.3) is 0 Å². The molecule has 1 fully saturated rings. The smallest absolute Gasteiger partial charge is 0.133 e. The number of morpholine rings is 1. The van der Waals surface area contributed by atoms with Gasteiger partial charge < -0.3 is 15.2 Å². The summed E-state index contributed by atoms with van der Waals surface area (Å²) < 4.78 is 5.70. The van der Waals surface area contributed by atoms with Crippen molar-refractivity contribution in [3.8, 4) is 5.75 Å². The Hall–Kier alpha value is -1.17. The van der Waals surface area contributed by atoms with Crippen LogP contribution >= 0.6 is 0 Å². The summed E-state index contributed by atoms with van der Waals surface area (Å²) in [6.07, 6.45) is 1.73. The van der Waals surface area contributed by atoms with Gasteiger partial charge in [0.2, 0.25) is 0 Å². The lowest BCUT2D eigenvalue weighted by molar-refractivity contribution is -0.0254. The average Bonchev–Trinajstić information content (AvgIpc) is 2.41. The molecule has 1 aromatic heterocycles. The van der Waals surface area contributed by atoms with Crippen molar-refractivity contribution in [2.75, 3.05) is 32.8 Å². The van der Waals surface area contributed by atoms with E-state index in [9.17, 15) is 0 Å². The third-order valence-electron chi connectivity index (χ3n) is 3.16. The third-order valence-corrected chi connectivity index (χ3v) is 3.16. The standard InChI is InChI=1S/C13H21N3O2/c1-2-16-5-6-18-13(10-16)9-14-7-11-3-4-12(17)8-15-11/h3-4,8,13-14,17H,2,5-7,9-10H2,1H3. The highest BCUT2D eigenvalue weighted by molar-refractivity contribution is 5.17. The van der Waals surface area contributed by atoms with E-state index in [0.717, 1.165) is 38.5 Å². The molecule has 100 valence electrons. The monoisotopic (exact) mass is 251 g/mol. The molecule has 0 radical (unpaired) electrons. The Balaban J connectivity index is 1.70. The Kier molecular flexibility index (Phi) is 4.92. The molecule has 5 nitrogen and oxygen atoms in total. The number of ether oxygens (including phenoxy) is 1. The highest BCUT2D eigenvalue weighted by Gasteiger charge is 2.18. The first kappa shape index (κ1) is 13.3. The van der Waals surface area contributed by atoms with Crippen molar-refractivity contribution >= 4 is 0 Å². The lowest BCUT2D eigenvalue weighted by atomic mass is 10.2. The topological polar surface area (TPSA) is 57.6 Å². The molecule has 1 aromatic rings. The molecule has 18 heavy (non-hydrogen) atoms. The first-order valence-corrected chi connectivity index (χ1v) is 6.46. The van der Waals surface area contributed by atoms with Crippen LogP contribution in [0.15, 0.2) is 18.3 Å². The average molecular weight is 251 g/mol. The number of nitrogens with zero attached hydrogens (tertiary/aromatic N) is 2. The number of hydrogen-bond donors (Lipinski definition) is 2. The van der Waals surface area contributed by atoms with Crippen LogP contribution in [0.5, 0.6) is 5.75 Å². The van der Waals surface area contributed by atoms with Crippen molar-refractivity contribution in [2.24, 2.45) is 0 Å².